The van der Waals surface area contributed by atoms with Crippen LogP contribution in [0.1, 0.15) is 0 Å². The van der Waals surface area contributed by atoms with E-state index in [1.54, 1.807) is 7.11 Å². The number of aromatic nitrogens is 1. The Hall–Kier alpha value is -0.440. The van der Waals surface area contributed by atoms with Gasteiger partial charge in [0.2, 0.25) is 5.88 Å². The third kappa shape index (κ3) is 0.865. The first kappa shape index (κ1) is 5.69. The summed E-state index contributed by atoms with van der Waals surface area (Å²) in [6.07, 6.45) is 1.81. The molecule has 0 aliphatic rings. The number of hydrogen-bond acceptors (Lipinski definition) is 1. The molecule has 44 valence electrons. The second kappa shape index (κ2) is 2.22. The van der Waals surface area contributed by atoms with Crippen LogP contribution in [0.15, 0.2) is 16.7 Å². The Balaban J connectivity index is 2.92. The van der Waals surface area contributed by atoms with Crippen LogP contribution in [0.3, 0.4) is 0 Å². The predicted octanol–water partition coefficient (Wildman–Crippen LogP) is 1.79. The van der Waals surface area contributed by atoms with Gasteiger partial charge in [-0.2, -0.15) is 0 Å². The zero-order chi connectivity index (χ0) is 5.98. The lowest BCUT2D eigenvalue weighted by atomic mass is 10.6. The molecule has 0 unspecified atom stereocenters. The van der Waals surface area contributed by atoms with Crippen molar-refractivity contribution in [1.29, 1.82) is 0 Å². The number of aromatic amines is 1. The molecule has 2 nitrogen and oxygen atoms in total. The molecular weight excluding hydrogens is 170 g/mol. The number of halogens is 1. The molecule has 0 fully saturated rings. The molecule has 1 aromatic rings. The Morgan fingerprint density at radius 2 is 2.50 bits per heavy atom. The third-order valence-electron chi connectivity index (χ3n) is 0.865. The molecule has 0 aromatic carbocycles. The third-order valence-corrected chi connectivity index (χ3v) is 1.49. The molecule has 0 aliphatic heterocycles. The molecule has 0 atom stereocenters. The summed E-state index contributed by atoms with van der Waals surface area (Å²) in [4.78, 5) is 2.89. The van der Waals surface area contributed by atoms with E-state index in [0.29, 0.717) is 0 Å². The highest BCUT2D eigenvalue weighted by atomic mass is 79.9. The lowest BCUT2D eigenvalue weighted by Crippen LogP contribution is -1.80. The average molecular weight is 176 g/mol. The molecule has 8 heavy (non-hydrogen) atoms. The highest BCUT2D eigenvalue weighted by Crippen LogP contribution is 2.20. The maximum Gasteiger partial charge on any atom is 0.205 e. The van der Waals surface area contributed by atoms with Gasteiger partial charge in [0.05, 0.1) is 11.6 Å². The van der Waals surface area contributed by atoms with Crippen LogP contribution >= 0.6 is 15.9 Å². The van der Waals surface area contributed by atoms with Gasteiger partial charge >= 0.3 is 0 Å². The molecular formula is C5H6BrNO. The number of hydrogen-bond donors (Lipinski definition) is 1. The monoisotopic (exact) mass is 175 g/mol. The lowest BCUT2D eigenvalue weighted by Gasteiger charge is -1.91. The molecule has 1 heterocycles. The highest BCUT2D eigenvalue weighted by molar-refractivity contribution is 9.10. The minimum absolute atomic E-state index is 0.769. The fourth-order valence-corrected chi connectivity index (χ4v) is 0.900. The van der Waals surface area contributed by atoms with Crippen LogP contribution in [0, 0.1) is 0 Å². The van der Waals surface area contributed by atoms with Crippen molar-refractivity contribution < 1.29 is 4.74 Å². The summed E-state index contributed by atoms with van der Waals surface area (Å²) in [5, 5.41) is 0. The number of nitrogens with one attached hydrogen (secondary N) is 1. The molecule has 0 aliphatic carbocycles. The maximum atomic E-state index is 4.88. The van der Waals surface area contributed by atoms with E-state index in [2.05, 4.69) is 20.9 Å². The van der Waals surface area contributed by atoms with Gasteiger partial charge in [-0.15, -0.1) is 0 Å². The Bertz CT molecular complexity index is 173. The number of rotatable bonds is 1. The Morgan fingerprint density at radius 3 is 2.75 bits per heavy atom. The Labute approximate surface area is 56.0 Å². The Kier molecular flexibility index (Phi) is 1.58. The standard InChI is InChI=1S/C5H6BrNO/c1-8-5-4(6)2-3-7-5/h2-3,7H,1H3. The van der Waals surface area contributed by atoms with E-state index >= 15 is 0 Å². The first-order valence-electron chi connectivity index (χ1n) is 2.21. The molecule has 0 saturated carbocycles. The quantitative estimate of drug-likeness (QED) is 0.693. The molecule has 1 N–H and O–H groups in total. The highest BCUT2D eigenvalue weighted by Gasteiger charge is 1.95. The van der Waals surface area contributed by atoms with E-state index < -0.39 is 0 Å². The van der Waals surface area contributed by atoms with E-state index in [-0.39, 0.29) is 0 Å². The minimum Gasteiger partial charge on any atom is -0.481 e. The van der Waals surface area contributed by atoms with Gasteiger partial charge in [0.25, 0.3) is 0 Å². The Morgan fingerprint density at radius 1 is 1.75 bits per heavy atom. The van der Waals surface area contributed by atoms with Gasteiger partial charge in [-0.3, -0.25) is 0 Å². The van der Waals surface area contributed by atoms with Crippen molar-refractivity contribution in [3.63, 3.8) is 0 Å². The average Bonchev–Trinajstić information content (AvgIpc) is 2.14. The largest absolute Gasteiger partial charge is 0.481 e. The summed E-state index contributed by atoms with van der Waals surface area (Å²) in [5.74, 6) is 0.769. The molecule has 0 spiro atoms. The summed E-state index contributed by atoms with van der Waals surface area (Å²) < 4.78 is 5.84. The summed E-state index contributed by atoms with van der Waals surface area (Å²) in [5.41, 5.74) is 0. The van der Waals surface area contributed by atoms with Crippen molar-refractivity contribution in [2.75, 3.05) is 7.11 Å². The van der Waals surface area contributed by atoms with Crippen LogP contribution in [-0.4, -0.2) is 12.1 Å². The van der Waals surface area contributed by atoms with Gasteiger partial charge in [0.1, 0.15) is 0 Å². The van der Waals surface area contributed by atoms with Gasteiger partial charge in [0.15, 0.2) is 0 Å². The van der Waals surface area contributed by atoms with E-state index in [0.717, 1.165) is 10.4 Å². The van der Waals surface area contributed by atoms with Crippen LogP contribution in [0.2, 0.25) is 0 Å². The van der Waals surface area contributed by atoms with Gasteiger partial charge in [-0.05, 0) is 22.0 Å². The molecule has 0 bridgehead atoms. The summed E-state index contributed by atoms with van der Waals surface area (Å²) in [7, 11) is 1.62. The van der Waals surface area contributed by atoms with Gasteiger partial charge in [0, 0.05) is 6.20 Å². The summed E-state index contributed by atoms with van der Waals surface area (Å²) in [6.45, 7) is 0. The minimum atomic E-state index is 0.769. The van der Waals surface area contributed by atoms with Crippen molar-refractivity contribution in [2.24, 2.45) is 0 Å². The first-order chi connectivity index (χ1) is 3.84. The number of methoxy groups -OCH3 is 1. The topological polar surface area (TPSA) is 25.0 Å². The smallest absolute Gasteiger partial charge is 0.205 e. The fraction of sp³-hybridized carbons (Fsp3) is 0.200. The van der Waals surface area contributed by atoms with Crippen molar-refractivity contribution in [3.8, 4) is 5.88 Å². The second-order valence-corrected chi connectivity index (χ2v) is 2.21. The molecule has 1 rings (SSSR count). The zero-order valence-corrected chi connectivity index (χ0v) is 6.03. The zero-order valence-electron chi connectivity index (χ0n) is 4.44. The SMILES string of the molecule is COc1[nH]ccc1Br. The molecule has 3 heteroatoms. The fourth-order valence-electron chi connectivity index (χ4n) is 0.492. The van der Waals surface area contributed by atoms with Crippen LogP contribution in [0.5, 0.6) is 5.88 Å². The van der Waals surface area contributed by atoms with Gasteiger partial charge in [-0.1, -0.05) is 0 Å². The van der Waals surface area contributed by atoms with E-state index in [1.165, 1.54) is 0 Å². The lowest BCUT2D eigenvalue weighted by molar-refractivity contribution is 0.398. The van der Waals surface area contributed by atoms with Gasteiger partial charge < -0.3 is 9.72 Å². The molecule has 0 radical (unpaired) electrons. The maximum absolute atomic E-state index is 4.88. The van der Waals surface area contributed by atoms with Crippen molar-refractivity contribution in [2.45, 2.75) is 0 Å². The molecule has 0 saturated heterocycles. The van der Waals surface area contributed by atoms with Crippen LogP contribution < -0.4 is 4.74 Å². The summed E-state index contributed by atoms with van der Waals surface area (Å²) in [6, 6.07) is 1.89. The van der Waals surface area contributed by atoms with E-state index in [4.69, 9.17) is 4.74 Å². The van der Waals surface area contributed by atoms with Gasteiger partial charge in [-0.25, -0.2) is 0 Å². The van der Waals surface area contributed by atoms with Crippen LogP contribution in [0.4, 0.5) is 0 Å². The van der Waals surface area contributed by atoms with E-state index in [1.807, 2.05) is 12.3 Å². The molecule has 1 aromatic heterocycles. The van der Waals surface area contributed by atoms with E-state index in [9.17, 15) is 0 Å². The van der Waals surface area contributed by atoms with Crippen molar-refractivity contribution in [3.05, 3.63) is 16.7 Å². The second-order valence-electron chi connectivity index (χ2n) is 1.36. The van der Waals surface area contributed by atoms with Crippen LogP contribution in [0.25, 0.3) is 0 Å². The summed E-state index contributed by atoms with van der Waals surface area (Å²) >= 11 is 3.27. The first-order valence-corrected chi connectivity index (χ1v) is 3.01. The predicted molar refractivity (Wildman–Crippen MR) is 35.0 cm³/mol. The number of H-pyrrole nitrogens is 1. The van der Waals surface area contributed by atoms with Crippen molar-refractivity contribution in [1.82, 2.24) is 4.98 Å². The van der Waals surface area contributed by atoms with Crippen LogP contribution in [-0.2, 0) is 0 Å². The van der Waals surface area contributed by atoms with Crippen molar-refractivity contribution >= 4 is 15.9 Å². The normalized spacial score (nSPS) is 9.25. The molecule has 0 amide bonds. The number of ether oxygens (including phenoxy) is 1.